The second kappa shape index (κ2) is 5.35. The van der Waals surface area contributed by atoms with Crippen LogP contribution in [0.3, 0.4) is 0 Å². The summed E-state index contributed by atoms with van der Waals surface area (Å²) in [4.78, 5) is 16.4. The topological polar surface area (TPSA) is 32.7 Å². The van der Waals surface area contributed by atoms with Crippen LogP contribution in [0.4, 0.5) is 11.4 Å². The molecule has 3 nitrogen and oxygen atoms in total. The molecule has 1 saturated heterocycles. The Morgan fingerprint density at radius 1 is 1.53 bits per heavy atom. The van der Waals surface area contributed by atoms with E-state index in [0.29, 0.717) is 16.6 Å². The number of halogens is 1. The number of isocyanates is 1. The number of nitrogens with zero attached hydrogens (tertiary/aromatic N) is 2. The van der Waals surface area contributed by atoms with E-state index in [-0.39, 0.29) is 0 Å². The Morgan fingerprint density at radius 2 is 2.35 bits per heavy atom. The van der Waals surface area contributed by atoms with Gasteiger partial charge >= 0.3 is 0 Å². The van der Waals surface area contributed by atoms with Crippen LogP contribution in [-0.4, -0.2) is 19.2 Å². The third-order valence-electron chi connectivity index (χ3n) is 3.10. The highest BCUT2D eigenvalue weighted by molar-refractivity contribution is 6.31. The fourth-order valence-corrected chi connectivity index (χ4v) is 2.48. The molecule has 1 aliphatic rings. The molecule has 90 valence electrons. The quantitative estimate of drug-likeness (QED) is 0.594. The third-order valence-corrected chi connectivity index (χ3v) is 3.34. The van der Waals surface area contributed by atoms with Gasteiger partial charge in [-0.1, -0.05) is 18.5 Å². The lowest BCUT2D eigenvalue weighted by Gasteiger charge is -2.33. The van der Waals surface area contributed by atoms with E-state index >= 15 is 0 Å². The molecular weight excluding hydrogens is 236 g/mol. The summed E-state index contributed by atoms with van der Waals surface area (Å²) in [5.74, 6) is 0.674. The van der Waals surface area contributed by atoms with Crippen LogP contribution >= 0.6 is 11.6 Å². The van der Waals surface area contributed by atoms with Gasteiger partial charge in [-0.2, -0.15) is 4.99 Å². The second-order valence-corrected chi connectivity index (χ2v) is 4.97. The van der Waals surface area contributed by atoms with Gasteiger partial charge in [-0.3, -0.25) is 0 Å². The van der Waals surface area contributed by atoms with E-state index in [0.717, 1.165) is 18.8 Å². The van der Waals surface area contributed by atoms with Crippen molar-refractivity contribution >= 4 is 29.1 Å². The number of rotatable bonds is 2. The van der Waals surface area contributed by atoms with Crippen molar-refractivity contribution in [3.8, 4) is 0 Å². The first-order valence-electron chi connectivity index (χ1n) is 5.83. The number of hydrogen-bond acceptors (Lipinski definition) is 3. The molecule has 0 N–H and O–H groups in total. The lowest BCUT2D eigenvalue weighted by atomic mass is 9.99. The summed E-state index contributed by atoms with van der Waals surface area (Å²) in [7, 11) is 0. The fraction of sp³-hybridized carbons (Fsp3) is 0.462. The molecule has 1 unspecified atom stereocenters. The molecule has 17 heavy (non-hydrogen) atoms. The highest BCUT2D eigenvalue weighted by Crippen LogP contribution is 2.33. The molecule has 2 rings (SSSR count). The summed E-state index contributed by atoms with van der Waals surface area (Å²) < 4.78 is 0. The smallest absolute Gasteiger partial charge is 0.240 e. The van der Waals surface area contributed by atoms with Crippen molar-refractivity contribution in [1.29, 1.82) is 0 Å². The van der Waals surface area contributed by atoms with Crippen molar-refractivity contribution in [2.45, 2.75) is 19.8 Å². The first-order chi connectivity index (χ1) is 8.20. The minimum Gasteiger partial charge on any atom is -0.370 e. The average molecular weight is 251 g/mol. The zero-order chi connectivity index (χ0) is 12.3. The summed E-state index contributed by atoms with van der Waals surface area (Å²) in [6, 6.07) is 5.47. The molecule has 1 aliphatic heterocycles. The van der Waals surface area contributed by atoms with Crippen molar-refractivity contribution < 1.29 is 4.79 Å². The summed E-state index contributed by atoms with van der Waals surface area (Å²) >= 11 is 5.91. The summed E-state index contributed by atoms with van der Waals surface area (Å²) in [6.07, 6.45) is 4.03. The van der Waals surface area contributed by atoms with Crippen molar-refractivity contribution in [2.75, 3.05) is 18.0 Å². The van der Waals surface area contributed by atoms with Gasteiger partial charge in [-0.05, 0) is 37.0 Å². The number of carbonyl (C=O) groups excluding carboxylic acids is 1. The largest absolute Gasteiger partial charge is 0.370 e. The van der Waals surface area contributed by atoms with E-state index in [9.17, 15) is 4.79 Å². The molecular formula is C13H15ClN2O. The van der Waals surface area contributed by atoms with Gasteiger partial charge in [0.15, 0.2) is 0 Å². The van der Waals surface area contributed by atoms with Crippen molar-refractivity contribution in [1.82, 2.24) is 0 Å². The SMILES string of the molecule is CC1CCCN(c2ccc(Cl)cc2N=C=O)C1. The van der Waals surface area contributed by atoms with Crippen LogP contribution in [-0.2, 0) is 4.79 Å². The van der Waals surface area contributed by atoms with Crippen molar-refractivity contribution in [3.63, 3.8) is 0 Å². The molecule has 0 saturated carbocycles. The van der Waals surface area contributed by atoms with Gasteiger partial charge in [0.1, 0.15) is 5.69 Å². The van der Waals surface area contributed by atoms with Crippen LogP contribution in [0, 0.1) is 5.92 Å². The minimum absolute atomic E-state index is 0.591. The average Bonchev–Trinajstić information content (AvgIpc) is 2.29. The van der Waals surface area contributed by atoms with E-state index in [1.807, 2.05) is 12.1 Å². The van der Waals surface area contributed by atoms with E-state index in [2.05, 4.69) is 16.8 Å². The third kappa shape index (κ3) is 2.87. The second-order valence-electron chi connectivity index (χ2n) is 4.53. The van der Waals surface area contributed by atoms with Gasteiger partial charge in [0.2, 0.25) is 6.08 Å². The van der Waals surface area contributed by atoms with Crippen LogP contribution in [0.25, 0.3) is 0 Å². The zero-order valence-electron chi connectivity index (χ0n) is 9.82. The maximum atomic E-state index is 10.4. The highest BCUT2D eigenvalue weighted by Gasteiger charge is 2.18. The predicted octanol–water partition coefficient (Wildman–Crippen LogP) is 3.54. The molecule has 1 aromatic carbocycles. The molecule has 0 spiro atoms. The monoisotopic (exact) mass is 250 g/mol. The van der Waals surface area contributed by atoms with E-state index < -0.39 is 0 Å². The maximum absolute atomic E-state index is 10.4. The van der Waals surface area contributed by atoms with Gasteiger partial charge in [0.05, 0.1) is 5.69 Å². The molecule has 1 heterocycles. The predicted molar refractivity (Wildman–Crippen MR) is 69.8 cm³/mol. The number of anilines is 1. The normalized spacial score (nSPS) is 19.9. The number of hydrogen-bond donors (Lipinski definition) is 0. The van der Waals surface area contributed by atoms with Gasteiger partial charge in [-0.25, -0.2) is 4.79 Å². The van der Waals surface area contributed by atoms with Crippen LogP contribution in [0.1, 0.15) is 19.8 Å². The van der Waals surface area contributed by atoms with E-state index in [1.54, 1.807) is 12.1 Å². The molecule has 0 aliphatic carbocycles. The molecule has 1 aromatic rings. The Labute approximate surface area is 106 Å². The number of aliphatic imine (C=N–C) groups is 1. The molecule has 0 bridgehead atoms. The Hall–Kier alpha value is -1.31. The maximum Gasteiger partial charge on any atom is 0.240 e. The highest BCUT2D eigenvalue weighted by atomic mass is 35.5. The van der Waals surface area contributed by atoms with Crippen LogP contribution < -0.4 is 4.90 Å². The Balaban J connectivity index is 2.33. The number of piperidine rings is 1. The van der Waals surface area contributed by atoms with Crippen molar-refractivity contribution in [3.05, 3.63) is 23.2 Å². The van der Waals surface area contributed by atoms with Crippen LogP contribution in [0.5, 0.6) is 0 Å². The minimum atomic E-state index is 0.591. The summed E-state index contributed by atoms with van der Waals surface area (Å²) in [6.45, 7) is 4.25. The molecule has 0 aromatic heterocycles. The number of benzene rings is 1. The Kier molecular flexibility index (Phi) is 3.82. The first-order valence-corrected chi connectivity index (χ1v) is 6.21. The molecule has 0 radical (unpaired) electrons. The Morgan fingerprint density at radius 3 is 3.06 bits per heavy atom. The zero-order valence-corrected chi connectivity index (χ0v) is 10.6. The molecule has 4 heteroatoms. The van der Waals surface area contributed by atoms with Crippen LogP contribution in [0.2, 0.25) is 5.02 Å². The van der Waals surface area contributed by atoms with E-state index in [4.69, 9.17) is 11.6 Å². The van der Waals surface area contributed by atoms with Crippen molar-refractivity contribution in [2.24, 2.45) is 10.9 Å². The van der Waals surface area contributed by atoms with Gasteiger partial charge in [-0.15, -0.1) is 0 Å². The molecule has 1 fully saturated rings. The molecule has 0 amide bonds. The van der Waals surface area contributed by atoms with Gasteiger partial charge in [0.25, 0.3) is 0 Å². The van der Waals surface area contributed by atoms with Gasteiger partial charge < -0.3 is 4.90 Å². The first kappa shape index (κ1) is 12.2. The Bertz CT molecular complexity index is 455. The lowest BCUT2D eigenvalue weighted by molar-refractivity contribution is 0.447. The summed E-state index contributed by atoms with van der Waals surface area (Å²) in [5.41, 5.74) is 1.59. The van der Waals surface area contributed by atoms with Crippen LogP contribution in [0.15, 0.2) is 23.2 Å². The fourth-order valence-electron chi connectivity index (χ4n) is 2.31. The van der Waals surface area contributed by atoms with E-state index in [1.165, 1.54) is 12.8 Å². The summed E-state index contributed by atoms with van der Waals surface area (Å²) in [5, 5.41) is 0.591. The standard InChI is InChI=1S/C13H15ClN2O/c1-10-3-2-6-16(8-10)13-5-4-11(14)7-12(13)15-9-17/h4-5,7,10H,2-3,6,8H2,1H3. The van der Waals surface area contributed by atoms with Gasteiger partial charge in [0, 0.05) is 18.1 Å². The molecule has 1 atom stereocenters. The lowest BCUT2D eigenvalue weighted by Crippen LogP contribution is -2.34.